The summed E-state index contributed by atoms with van der Waals surface area (Å²) in [6, 6.07) is 18.4. The maximum atomic E-state index is 12.6. The molecule has 1 aromatic heterocycles. The van der Waals surface area contributed by atoms with Crippen molar-refractivity contribution in [2.75, 3.05) is 12.3 Å². The average molecular weight is 438 g/mol. The summed E-state index contributed by atoms with van der Waals surface area (Å²) in [5.74, 6) is 0.674. The first-order valence-corrected chi connectivity index (χ1v) is 11.8. The molecular weight excluding hydrogens is 410 g/mol. The summed E-state index contributed by atoms with van der Waals surface area (Å²) in [5, 5.41) is 13.9. The van der Waals surface area contributed by atoms with Gasteiger partial charge in [0.1, 0.15) is 17.5 Å². The molecule has 0 radical (unpaired) electrons. The van der Waals surface area contributed by atoms with Crippen LogP contribution < -0.4 is 10.5 Å². The number of nitrogen functional groups attached to an aromatic ring is 1. The summed E-state index contributed by atoms with van der Waals surface area (Å²) in [6.07, 6.45) is 1.92. The fourth-order valence-electron chi connectivity index (χ4n) is 3.30. The molecule has 1 heterocycles. The van der Waals surface area contributed by atoms with E-state index in [2.05, 4.69) is 29.7 Å². The number of benzene rings is 2. The second-order valence-corrected chi connectivity index (χ2v) is 9.21. The lowest BCUT2D eigenvalue weighted by atomic mass is 9.99. The Morgan fingerprint density at radius 1 is 1.16 bits per heavy atom. The normalized spacial score (nSPS) is 12.4. The minimum Gasteiger partial charge on any atom is -0.382 e. The zero-order valence-electron chi connectivity index (χ0n) is 17.7. The Morgan fingerprint density at radius 2 is 1.84 bits per heavy atom. The Kier molecular flexibility index (Phi) is 7.10. The molecule has 1 atom stereocenters. The van der Waals surface area contributed by atoms with Crippen molar-refractivity contribution in [1.29, 1.82) is 5.26 Å². The number of aryl methyl sites for hydroxylation is 1. The van der Waals surface area contributed by atoms with E-state index in [4.69, 9.17) is 5.73 Å². The molecule has 0 aliphatic carbocycles. The van der Waals surface area contributed by atoms with Crippen LogP contribution in [-0.4, -0.2) is 24.7 Å². The predicted molar refractivity (Wildman–Crippen MR) is 121 cm³/mol. The van der Waals surface area contributed by atoms with E-state index in [0.29, 0.717) is 30.0 Å². The summed E-state index contributed by atoms with van der Waals surface area (Å²) >= 11 is 0. The van der Waals surface area contributed by atoms with Gasteiger partial charge in [0.2, 0.25) is 10.0 Å². The first-order valence-electron chi connectivity index (χ1n) is 10.3. The predicted octanol–water partition coefficient (Wildman–Crippen LogP) is 3.75. The molecule has 2 aromatic carbocycles. The Hall–Kier alpha value is -3.15. The first kappa shape index (κ1) is 22.5. The van der Waals surface area contributed by atoms with Crippen molar-refractivity contribution in [3.63, 3.8) is 0 Å². The summed E-state index contributed by atoms with van der Waals surface area (Å²) in [7, 11) is -3.59. The molecule has 0 amide bonds. The van der Waals surface area contributed by atoms with Gasteiger partial charge in [0, 0.05) is 6.54 Å². The third kappa shape index (κ3) is 5.13. The largest absolute Gasteiger partial charge is 0.382 e. The fraction of sp³-hybridized carbons (Fsp3) is 0.304. The molecule has 0 bridgehead atoms. The van der Waals surface area contributed by atoms with Crippen LogP contribution >= 0.6 is 0 Å². The molecule has 0 fully saturated rings. The number of anilines is 1. The highest BCUT2D eigenvalue weighted by atomic mass is 32.2. The van der Waals surface area contributed by atoms with Gasteiger partial charge in [0.25, 0.3) is 0 Å². The highest BCUT2D eigenvalue weighted by molar-refractivity contribution is 7.89. The van der Waals surface area contributed by atoms with Gasteiger partial charge in [0.15, 0.2) is 0 Å². The second kappa shape index (κ2) is 9.77. The molecule has 0 aliphatic rings. The minimum absolute atomic E-state index is 0.235. The molecule has 0 saturated carbocycles. The average Bonchev–Trinajstić information content (AvgIpc) is 3.12. The van der Waals surface area contributed by atoms with Gasteiger partial charge < -0.3 is 5.73 Å². The molecule has 3 aromatic rings. The highest BCUT2D eigenvalue weighted by Gasteiger charge is 2.17. The molecule has 162 valence electrons. The maximum Gasteiger partial charge on any atom is 0.240 e. The van der Waals surface area contributed by atoms with Crippen molar-refractivity contribution in [2.45, 2.75) is 43.9 Å². The summed E-state index contributed by atoms with van der Waals surface area (Å²) in [4.78, 5) is 0.245. The van der Waals surface area contributed by atoms with Crippen molar-refractivity contribution in [1.82, 2.24) is 14.5 Å². The molecule has 0 spiro atoms. The van der Waals surface area contributed by atoms with Crippen LogP contribution in [0.2, 0.25) is 0 Å². The Morgan fingerprint density at radius 3 is 2.45 bits per heavy atom. The zero-order valence-corrected chi connectivity index (χ0v) is 18.6. The van der Waals surface area contributed by atoms with Gasteiger partial charge >= 0.3 is 0 Å². The van der Waals surface area contributed by atoms with Gasteiger partial charge in [-0.1, -0.05) is 44.2 Å². The second-order valence-electron chi connectivity index (χ2n) is 7.45. The number of para-hydroxylation sites is 1. The zero-order chi connectivity index (χ0) is 22.4. The van der Waals surface area contributed by atoms with Gasteiger partial charge in [-0.05, 0) is 55.0 Å². The van der Waals surface area contributed by atoms with Crippen LogP contribution in [0.3, 0.4) is 0 Å². The molecule has 7 nitrogen and oxygen atoms in total. The number of nitriles is 1. The third-order valence-corrected chi connectivity index (χ3v) is 6.84. The van der Waals surface area contributed by atoms with Crippen molar-refractivity contribution >= 4 is 15.8 Å². The van der Waals surface area contributed by atoms with Crippen molar-refractivity contribution in [2.24, 2.45) is 0 Å². The number of nitrogens with zero attached hydrogens (tertiary/aromatic N) is 3. The van der Waals surface area contributed by atoms with E-state index in [1.165, 1.54) is 4.68 Å². The standard InChI is InChI=1S/C23H27N5O2S/c1-3-17(2)18-11-13-20(14-12-18)31(29,30)26-15-7-10-22-21(16-24)23(25)28(27-22)19-8-5-4-6-9-19/h4-6,8-9,11-14,17,26H,3,7,10,15,25H2,1-2H3/t17-/m0/s1. The molecular formula is C23H27N5O2S. The van der Waals surface area contributed by atoms with Crippen LogP contribution in [-0.2, 0) is 16.4 Å². The van der Waals surface area contributed by atoms with Crippen LogP contribution in [0.15, 0.2) is 59.5 Å². The van der Waals surface area contributed by atoms with E-state index in [0.717, 1.165) is 17.7 Å². The van der Waals surface area contributed by atoms with E-state index in [1.54, 1.807) is 12.1 Å². The lowest BCUT2D eigenvalue weighted by molar-refractivity contribution is 0.578. The van der Waals surface area contributed by atoms with Gasteiger partial charge in [0.05, 0.1) is 16.3 Å². The molecule has 0 aliphatic heterocycles. The Bertz CT molecular complexity index is 1160. The molecule has 8 heteroatoms. The summed E-state index contributed by atoms with van der Waals surface area (Å²) in [6.45, 7) is 4.45. The van der Waals surface area contributed by atoms with E-state index in [9.17, 15) is 13.7 Å². The Balaban J connectivity index is 1.63. The lowest BCUT2D eigenvalue weighted by Gasteiger charge is -2.10. The van der Waals surface area contributed by atoms with E-state index in [-0.39, 0.29) is 17.3 Å². The van der Waals surface area contributed by atoms with Crippen molar-refractivity contribution in [3.8, 4) is 11.8 Å². The van der Waals surface area contributed by atoms with Crippen LogP contribution in [0.5, 0.6) is 0 Å². The molecule has 0 unspecified atom stereocenters. The minimum atomic E-state index is -3.59. The SMILES string of the molecule is CC[C@H](C)c1ccc(S(=O)(=O)NCCCc2nn(-c3ccccc3)c(N)c2C#N)cc1. The smallest absolute Gasteiger partial charge is 0.240 e. The maximum absolute atomic E-state index is 12.6. The molecule has 0 saturated heterocycles. The topological polar surface area (TPSA) is 114 Å². The van der Waals surface area contributed by atoms with Gasteiger partial charge in [-0.2, -0.15) is 10.4 Å². The number of nitrogens with two attached hydrogens (primary N) is 1. The number of aromatic nitrogens is 2. The van der Waals surface area contributed by atoms with Crippen LogP contribution in [0.1, 0.15) is 49.4 Å². The van der Waals surface area contributed by atoms with Gasteiger partial charge in [-0.15, -0.1) is 0 Å². The van der Waals surface area contributed by atoms with Crippen LogP contribution in [0, 0.1) is 11.3 Å². The summed E-state index contributed by atoms with van der Waals surface area (Å²) in [5.41, 5.74) is 8.88. The van der Waals surface area contributed by atoms with E-state index in [1.807, 2.05) is 42.5 Å². The van der Waals surface area contributed by atoms with Crippen molar-refractivity contribution in [3.05, 3.63) is 71.4 Å². The Labute approximate surface area is 183 Å². The monoisotopic (exact) mass is 437 g/mol. The van der Waals surface area contributed by atoms with Gasteiger partial charge in [-0.3, -0.25) is 0 Å². The quantitative estimate of drug-likeness (QED) is 0.495. The number of rotatable bonds is 9. The van der Waals surface area contributed by atoms with Crippen LogP contribution in [0.25, 0.3) is 5.69 Å². The van der Waals surface area contributed by atoms with Gasteiger partial charge in [-0.25, -0.2) is 17.8 Å². The van der Waals surface area contributed by atoms with Crippen molar-refractivity contribution < 1.29 is 8.42 Å². The molecule has 31 heavy (non-hydrogen) atoms. The molecule has 3 N–H and O–H groups in total. The number of hydrogen-bond donors (Lipinski definition) is 2. The number of nitrogens with one attached hydrogen (secondary N) is 1. The fourth-order valence-corrected chi connectivity index (χ4v) is 4.37. The lowest BCUT2D eigenvalue weighted by Crippen LogP contribution is -2.25. The molecule has 3 rings (SSSR count). The first-order chi connectivity index (χ1) is 14.9. The number of hydrogen-bond acceptors (Lipinski definition) is 5. The summed E-state index contributed by atoms with van der Waals surface area (Å²) < 4.78 is 29.3. The third-order valence-electron chi connectivity index (χ3n) is 5.36. The van der Waals surface area contributed by atoms with E-state index >= 15 is 0 Å². The van der Waals surface area contributed by atoms with Crippen LogP contribution in [0.4, 0.5) is 5.82 Å². The van der Waals surface area contributed by atoms with E-state index < -0.39 is 10.0 Å². The highest BCUT2D eigenvalue weighted by Crippen LogP contribution is 2.22. The number of sulfonamides is 1.